The molecule has 2 aromatic rings. The number of aromatic nitrogens is 1. The molecular weight excluding hydrogens is 355 g/mol. The fourth-order valence-corrected chi connectivity index (χ4v) is 4.29. The number of rotatable bonds is 5. The number of aliphatic hydroxyl groups excluding tert-OH is 1. The van der Waals surface area contributed by atoms with Gasteiger partial charge in [0.1, 0.15) is 4.90 Å². The SMILES string of the molecule is Cc1ncsc1CNS(=O)(=O)c1cc(CO)c(Cl)cc1Cl. The maximum atomic E-state index is 12.3. The summed E-state index contributed by atoms with van der Waals surface area (Å²) < 4.78 is 27.1. The van der Waals surface area contributed by atoms with Gasteiger partial charge in [0, 0.05) is 16.4 Å². The standard InChI is InChI=1S/C12H12Cl2N2O3S2/c1-7-11(20-6-15-7)4-16-21(18,19)12-2-8(5-17)9(13)3-10(12)14/h2-3,6,16-17H,4-5H2,1H3. The van der Waals surface area contributed by atoms with Gasteiger partial charge >= 0.3 is 0 Å². The van der Waals surface area contributed by atoms with Gasteiger partial charge in [-0.3, -0.25) is 0 Å². The van der Waals surface area contributed by atoms with Crippen LogP contribution in [0.25, 0.3) is 0 Å². The lowest BCUT2D eigenvalue weighted by molar-refractivity contribution is 0.281. The first-order chi connectivity index (χ1) is 9.85. The van der Waals surface area contributed by atoms with Crippen molar-refractivity contribution in [3.05, 3.63) is 43.8 Å². The number of aryl methyl sites for hydroxylation is 1. The first-order valence-corrected chi connectivity index (χ1v) is 8.94. The Kier molecular flexibility index (Phi) is 5.24. The van der Waals surface area contributed by atoms with Crippen molar-refractivity contribution in [3.8, 4) is 0 Å². The summed E-state index contributed by atoms with van der Waals surface area (Å²) in [6.07, 6.45) is 0. The molecule has 0 aliphatic rings. The molecule has 9 heteroatoms. The summed E-state index contributed by atoms with van der Waals surface area (Å²) in [6, 6.07) is 2.58. The first kappa shape index (κ1) is 16.7. The van der Waals surface area contributed by atoms with Gasteiger partial charge in [0.05, 0.1) is 22.8 Å². The van der Waals surface area contributed by atoms with Gasteiger partial charge in [-0.25, -0.2) is 18.1 Å². The highest BCUT2D eigenvalue weighted by atomic mass is 35.5. The van der Waals surface area contributed by atoms with Crippen LogP contribution >= 0.6 is 34.5 Å². The van der Waals surface area contributed by atoms with Crippen LogP contribution in [0.3, 0.4) is 0 Å². The van der Waals surface area contributed by atoms with Crippen molar-refractivity contribution in [3.63, 3.8) is 0 Å². The predicted octanol–water partition coefficient (Wildman–Crippen LogP) is 2.73. The highest BCUT2D eigenvalue weighted by Crippen LogP contribution is 2.29. The molecule has 5 nitrogen and oxygen atoms in total. The van der Waals surface area contributed by atoms with Crippen LogP contribution in [-0.2, 0) is 23.2 Å². The first-order valence-electron chi connectivity index (χ1n) is 5.82. The maximum absolute atomic E-state index is 12.3. The zero-order valence-electron chi connectivity index (χ0n) is 10.9. The number of nitrogens with one attached hydrogen (secondary N) is 1. The fraction of sp³-hybridized carbons (Fsp3) is 0.250. The summed E-state index contributed by atoms with van der Waals surface area (Å²) in [5.74, 6) is 0. The second-order valence-electron chi connectivity index (χ2n) is 4.22. The van der Waals surface area contributed by atoms with Crippen LogP contribution in [0.2, 0.25) is 10.0 Å². The molecule has 1 aromatic heterocycles. The predicted molar refractivity (Wildman–Crippen MR) is 83.3 cm³/mol. The van der Waals surface area contributed by atoms with Crippen LogP contribution in [-0.4, -0.2) is 18.5 Å². The zero-order chi connectivity index (χ0) is 15.6. The Balaban J connectivity index is 2.29. The van der Waals surface area contributed by atoms with Gasteiger partial charge in [-0.15, -0.1) is 11.3 Å². The molecule has 2 rings (SSSR count). The Morgan fingerprint density at radius 1 is 1.33 bits per heavy atom. The van der Waals surface area contributed by atoms with Crippen molar-refractivity contribution in [2.75, 3.05) is 0 Å². The number of nitrogens with zero attached hydrogens (tertiary/aromatic N) is 1. The van der Waals surface area contributed by atoms with E-state index in [9.17, 15) is 8.42 Å². The fourth-order valence-electron chi connectivity index (χ4n) is 1.63. The molecule has 0 bridgehead atoms. The summed E-state index contributed by atoms with van der Waals surface area (Å²) >= 11 is 13.2. The van der Waals surface area contributed by atoms with Gasteiger partial charge in [0.15, 0.2) is 0 Å². The van der Waals surface area contributed by atoms with Gasteiger partial charge in [0.2, 0.25) is 10.0 Å². The molecule has 0 atom stereocenters. The van der Waals surface area contributed by atoms with Crippen molar-refractivity contribution >= 4 is 44.6 Å². The average Bonchev–Trinajstić information content (AvgIpc) is 2.82. The van der Waals surface area contributed by atoms with E-state index >= 15 is 0 Å². The Morgan fingerprint density at radius 3 is 2.62 bits per heavy atom. The number of hydrogen-bond acceptors (Lipinski definition) is 5. The lowest BCUT2D eigenvalue weighted by Gasteiger charge is -2.10. The summed E-state index contributed by atoms with van der Waals surface area (Å²) in [7, 11) is -3.81. The largest absolute Gasteiger partial charge is 0.392 e. The van der Waals surface area contributed by atoms with Crippen molar-refractivity contribution in [2.45, 2.75) is 25.0 Å². The second kappa shape index (κ2) is 6.60. The number of sulfonamides is 1. The Morgan fingerprint density at radius 2 is 2.05 bits per heavy atom. The van der Waals surface area contributed by atoms with E-state index in [-0.39, 0.29) is 28.1 Å². The lowest BCUT2D eigenvalue weighted by atomic mass is 10.2. The topological polar surface area (TPSA) is 79.3 Å². The Labute approximate surface area is 136 Å². The monoisotopic (exact) mass is 366 g/mol. The minimum Gasteiger partial charge on any atom is -0.392 e. The molecule has 114 valence electrons. The number of thiazole rings is 1. The number of benzene rings is 1. The molecule has 2 N–H and O–H groups in total. The third-order valence-corrected chi connectivity index (χ3v) is 5.98. The van der Waals surface area contributed by atoms with E-state index in [0.29, 0.717) is 5.56 Å². The number of hydrogen-bond donors (Lipinski definition) is 2. The van der Waals surface area contributed by atoms with Gasteiger partial charge in [0.25, 0.3) is 0 Å². The van der Waals surface area contributed by atoms with E-state index in [1.807, 2.05) is 0 Å². The minimum atomic E-state index is -3.81. The number of aliphatic hydroxyl groups is 1. The van der Waals surface area contributed by atoms with Crippen LogP contribution < -0.4 is 4.72 Å². The quantitative estimate of drug-likeness (QED) is 0.852. The summed E-state index contributed by atoms with van der Waals surface area (Å²) in [4.78, 5) is 4.77. The average molecular weight is 367 g/mol. The van der Waals surface area contributed by atoms with Crippen LogP contribution in [0.5, 0.6) is 0 Å². The van der Waals surface area contributed by atoms with Gasteiger partial charge in [-0.05, 0) is 24.6 Å². The smallest absolute Gasteiger partial charge is 0.242 e. The van der Waals surface area contributed by atoms with E-state index < -0.39 is 10.0 Å². The molecule has 21 heavy (non-hydrogen) atoms. The van der Waals surface area contributed by atoms with Crippen LogP contribution in [0.15, 0.2) is 22.5 Å². The molecule has 0 saturated heterocycles. The summed E-state index contributed by atoms with van der Waals surface area (Å²) in [5, 5.41) is 9.39. The molecule has 0 unspecified atom stereocenters. The third kappa shape index (κ3) is 3.74. The molecule has 0 aliphatic heterocycles. The van der Waals surface area contributed by atoms with E-state index in [4.69, 9.17) is 28.3 Å². The molecule has 0 radical (unpaired) electrons. The maximum Gasteiger partial charge on any atom is 0.242 e. The van der Waals surface area contributed by atoms with Crippen molar-refractivity contribution in [1.29, 1.82) is 0 Å². The Bertz CT molecular complexity index is 760. The minimum absolute atomic E-state index is 0.00530. The van der Waals surface area contributed by atoms with Crippen molar-refractivity contribution in [1.82, 2.24) is 9.71 Å². The van der Waals surface area contributed by atoms with Gasteiger partial charge < -0.3 is 5.11 Å². The highest BCUT2D eigenvalue weighted by molar-refractivity contribution is 7.89. The molecule has 0 aliphatic carbocycles. The van der Waals surface area contributed by atoms with Crippen LogP contribution in [0.4, 0.5) is 0 Å². The Hall–Kier alpha value is -0.700. The van der Waals surface area contributed by atoms with Crippen molar-refractivity contribution in [2.24, 2.45) is 0 Å². The van der Waals surface area contributed by atoms with Crippen LogP contribution in [0.1, 0.15) is 16.1 Å². The number of halogens is 2. The third-order valence-electron chi connectivity index (χ3n) is 2.83. The molecular formula is C12H12Cl2N2O3S2. The van der Waals surface area contributed by atoms with Gasteiger partial charge in [-0.1, -0.05) is 23.2 Å². The van der Waals surface area contributed by atoms with E-state index in [1.165, 1.54) is 23.5 Å². The van der Waals surface area contributed by atoms with Crippen molar-refractivity contribution < 1.29 is 13.5 Å². The zero-order valence-corrected chi connectivity index (χ0v) is 14.1. The van der Waals surface area contributed by atoms with E-state index in [2.05, 4.69) is 9.71 Å². The molecule has 0 fully saturated rings. The normalized spacial score (nSPS) is 11.8. The summed E-state index contributed by atoms with van der Waals surface area (Å²) in [5.41, 5.74) is 2.73. The second-order valence-corrected chi connectivity index (χ2v) is 7.71. The molecule has 1 aromatic carbocycles. The molecule has 0 spiro atoms. The molecule has 0 amide bonds. The van der Waals surface area contributed by atoms with Crippen LogP contribution in [0, 0.1) is 6.92 Å². The summed E-state index contributed by atoms with van der Waals surface area (Å²) in [6.45, 7) is 1.57. The lowest BCUT2D eigenvalue weighted by Crippen LogP contribution is -2.23. The molecule has 1 heterocycles. The van der Waals surface area contributed by atoms with E-state index in [1.54, 1.807) is 12.4 Å². The highest BCUT2D eigenvalue weighted by Gasteiger charge is 2.20. The molecule has 0 saturated carbocycles. The van der Waals surface area contributed by atoms with E-state index in [0.717, 1.165) is 10.6 Å². The van der Waals surface area contributed by atoms with Gasteiger partial charge in [-0.2, -0.15) is 0 Å².